The molecule has 0 radical (unpaired) electrons. The number of amides is 2. The second-order valence-electron chi connectivity index (χ2n) is 9.58. The van der Waals surface area contributed by atoms with Gasteiger partial charge in [-0.25, -0.2) is 4.98 Å². The van der Waals surface area contributed by atoms with Crippen LogP contribution in [0.25, 0.3) is 16.9 Å². The minimum absolute atomic E-state index is 0.0424. The van der Waals surface area contributed by atoms with Crippen molar-refractivity contribution in [1.29, 1.82) is 0 Å². The van der Waals surface area contributed by atoms with Crippen molar-refractivity contribution in [3.05, 3.63) is 59.8 Å². The van der Waals surface area contributed by atoms with Gasteiger partial charge >= 0.3 is 0 Å². The number of hydrogen-bond donors (Lipinski definition) is 1. The van der Waals surface area contributed by atoms with Crippen molar-refractivity contribution >= 4 is 29.4 Å². The Balaban J connectivity index is 1.60. The van der Waals surface area contributed by atoms with Crippen LogP contribution in [0.4, 0.5) is 5.95 Å². The largest absolute Gasteiger partial charge is 0.497 e. The zero-order chi connectivity index (χ0) is 26.4. The molecule has 37 heavy (non-hydrogen) atoms. The molecule has 9 heteroatoms. The van der Waals surface area contributed by atoms with Gasteiger partial charge < -0.3 is 14.4 Å². The fourth-order valence-electron chi connectivity index (χ4n) is 4.29. The van der Waals surface area contributed by atoms with Crippen LogP contribution in [-0.4, -0.2) is 59.2 Å². The van der Waals surface area contributed by atoms with Gasteiger partial charge in [-0.3, -0.25) is 19.5 Å². The number of aromatic nitrogens is 2. The molecule has 0 saturated carbocycles. The van der Waals surface area contributed by atoms with Crippen LogP contribution in [0.2, 0.25) is 5.02 Å². The minimum atomic E-state index is -0.326. The Labute approximate surface area is 222 Å². The molecular formula is C28H33ClN4O4. The van der Waals surface area contributed by atoms with Crippen LogP contribution >= 0.6 is 11.6 Å². The number of benzene rings is 2. The number of carbonyl (C=O) groups is 2. The number of rotatable bonds is 10. The highest BCUT2D eigenvalue weighted by Crippen LogP contribution is 2.27. The lowest BCUT2D eigenvalue weighted by Crippen LogP contribution is -2.42. The van der Waals surface area contributed by atoms with Crippen molar-refractivity contribution in [2.24, 2.45) is 5.92 Å². The molecule has 1 aromatic heterocycles. The van der Waals surface area contributed by atoms with E-state index in [-0.39, 0.29) is 30.4 Å². The van der Waals surface area contributed by atoms with Gasteiger partial charge in [0.2, 0.25) is 17.8 Å². The Kier molecular flexibility index (Phi) is 8.84. The number of halogens is 1. The number of hydrogen-bond acceptors (Lipinski definition) is 5. The Morgan fingerprint density at radius 2 is 2.03 bits per heavy atom. The van der Waals surface area contributed by atoms with Crippen molar-refractivity contribution in [2.45, 2.75) is 39.2 Å². The molecular weight excluding hydrogens is 492 g/mol. The molecule has 2 aromatic carbocycles. The van der Waals surface area contributed by atoms with E-state index >= 15 is 0 Å². The first kappa shape index (κ1) is 26.7. The van der Waals surface area contributed by atoms with Crippen LogP contribution in [-0.2, 0) is 14.3 Å². The van der Waals surface area contributed by atoms with Gasteiger partial charge in [0.15, 0.2) is 0 Å². The smallest absolute Gasteiger partial charge is 0.246 e. The maximum absolute atomic E-state index is 13.2. The minimum Gasteiger partial charge on any atom is -0.497 e. The lowest BCUT2D eigenvalue weighted by Gasteiger charge is -2.25. The summed E-state index contributed by atoms with van der Waals surface area (Å²) in [6.45, 7) is 5.00. The molecule has 3 aromatic rings. The van der Waals surface area contributed by atoms with E-state index in [1.165, 1.54) is 0 Å². The number of carbonyl (C=O) groups excluding carboxylic acids is 2. The number of imidazole rings is 1. The number of nitrogens with one attached hydrogen (secondary N) is 1. The summed E-state index contributed by atoms with van der Waals surface area (Å²) in [5.41, 5.74) is 2.30. The molecule has 2 amide bonds. The van der Waals surface area contributed by atoms with Crippen LogP contribution in [0.1, 0.15) is 33.1 Å². The van der Waals surface area contributed by atoms with Crippen LogP contribution < -0.4 is 10.1 Å². The maximum Gasteiger partial charge on any atom is 0.246 e. The standard InChI is InChI=1S/C28H33ClN4O4/c1-19(2)14-27(35)32(16-24-8-5-13-37-24)18-26(34)31-28-30-25(20-9-11-21(29)12-10-20)17-33(28)22-6-4-7-23(15-22)36-3/h4,6-7,9-12,15,17,19,24H,5,8,13-14,16,18H2,1-3H3,(H,30,31,34)/t24-/m1/s1. The van der Waals surface area contributed by atoms with Gasteiger partial charge in [0.05, 0.1) is 24.6 Å². The zero-order valence-electron chi connectivity index (χ0n) is 21.4. The summed E-state index contributed by atoms with van der Waals surface area (Å²) in [6.07, 6.45) is 4.03. The quantitative estimate of drug-likeness (QED) is 0.394. The van der Waals surface area contributed by atoms with Gasteiger partial charge in [-0.1, -0.05) is 43.6 Å². The highest BCUT2D eigenvalue weighted by atomic mass is 35.5. The molecule has 0 spiro atoms. The molecule has 1 aliphatic heterocycles. The second-order valence-corrected chi connectivity index (χ2v) is 10.0. The summed E-state index contributed by atoms with van der Waals surface area (Å²) in [6, 6.07) is 14.8. The summed E-state index contributed by atoms with van der Waals surface area (Å²) in [4.78, 5) is 32.5. The number of methoxy groups -OCH3 is 1. The van der Waals surface area contributed by atoms with Crippen molar-refractivity contribution in [3.63, 3.8) is 0 Å². The zero-order valence-corrected chi connectivity index (χ0v) is 22.2. The predicted octanol–water partition coefficient (Wildman–Crippen LogP) is 5.19. The van der Waals surface area contributed by atoms with E-state index in [9.17, 15) is 9.59 Å². The SMILES string of the molecule is COc1cccc(-n2cc(-c3ccc(Cl)cc3)nc2NC(=O)CN(C[C@H]2CCCO2)C(=O)CC(C)C)c1. The first-order valence-corrected chi connectivity index (χ1v) is 12.9. The molecule has 1 aliphatic rings. The lowest BCUT2D eigenvalue weighted by atomic mass is 10.1. The number of nitrogens with zero attached hydrogens (tertiary/aromatic N) is 3. The predicted molar refractivity (Wildman–Crippen MR) is 144 cm³/mol. The lowest BCUT2D eigenvalue weighted by molar-refractivity contribution is -0.136. The van der Waals surface area contributed by atoms with Gasteiger partial charge in [-0.15, -0.1) is 0 Å². The van der Waals surface area contributed by atoms with Crippen molar-refractivity contribution in [1.82, 2.24) is 14.5 Å². The van der Waals surface area contributed by atoms with E-state index in [0.29, 0.717) is 42.0 Å². The van der Waals surface area contributed by atoms with E-state index in [1.54, 1.807) is 28.7 Å². The number of ether oxygens (including phenoxy) is 2. The van der Waals surface area contributed by atoms with Gasteiger partial charge in [0.25, 0.3) is 0 Å². The molecule has 0 unspecified atom stereocenters. The van der Waals surface area contributed by atoms with Gasteiger partial charge in [0.1, 0.15) is 12.3 Å². The Bertz CT molecular complexity index is 1220. The van der Waals surface area contributed by atoms with Crippen molar-refractivity contribution in [2.75, 3.05) is 32.1 Å². The highest BCUT2D eigenvalue weighted by molar-refractivity contribution is 6.30. The summed E-state index contributed by atoms with van der Waals surface area (Å²) >= 11 is 6.06. The summed E-state index contributed by atoms with van der Waals surface area (Å²) in [7, 11) is 1.60. The molecule has 8 nitrogen and oxygen atoms in total. The third-order valence-corrected chi connectivity index (χ3v) is 6.40. The Morgan fingerprint density at radius 3 is 2.70 bits per heavy atom. The molecule has 1 fully saturated rings. The Hall–Kier alpha value is -3.36. The first-order valence-electron chi connectivity index (χ1n) is 12.5. The first-order chi connectivity index (χ1) is 17.8. The van der Waals surface area contributed by atoms with E-state index in [1.807, 2.05) is 56.4 Å². The average Bonchev–Trinajstić information content (AvgIpc) is 3.54. The monoisotopic (exact) mass is 524 g/mol. The van der Waals surface area contributed by atoms with Gasteiger partial charge in [-0.2, -0.15) is 0 Å². The van der Waals surface area contributed by atoms with E-state index < -0.39 is 0 Å². The average molecular weight is 525 g/mol. The third-order valence-electron chi connectivity index (χ3n) is 6.15. The van der Waals surface area contributed by atoms with Crippen molar-refractivity contribution in [3.8, 4) is 22.7 Å². The van der Waals surface area contributed by atoms with E-state index in [0.717, 1.165) is 24.1 Å². The van der Waals surface area contributed by atoms with Crippen molar-refractivity contribution < 1.29 is 19.1 Å². The normalized spacial score (nSPS) is 15.1. The van der Waals surface area contributed by atoms with Gasteiger partial charge in [0, 0.05) is 42.4 Å². The highest BCUT2D eigenvalue weighted by Gasteiger charge is 2.25. The molecule has 1 atom stereocenters. The van der Waals surface area contributed by atoms with Crippen LogP contribution in [0.3, 0.4) is 0 Å². The molecule has 2 heterocycles. The van der Waals surface area contributed by atoms with Crippen LogP contribution in [0, 0.1) is 5.92 Å². The summed E-state index contributed by atoms with van der Waals surface area (Å²) in [5, 5.41) is 3.55. The molecule has 196 valence electrons. The molecule has 1 N–H and O–H groups in total. The Morgan fingerprint density at radius 1 is 1.24 bits per heavy atom. The summed E-state index contributed by atoms with van der Waals surface area (Å²) in [5.74, 6) is 0.831. The molecule has 0 bridgehead atoms. The topological polar surface area (TPSA) is 85.7 Å². The van der Waals surface area contributed by atoms with Crippen LogP contribution in [0.5, 0.6) is 5.75 Å². The fourth-order valence-corrected chi connectivity index (χ4v) is 4.42. The maximum atomic E-state index is 13.2. The van der Waals surface area contributed by atoms with E-state index in [4.69, 9.17) is 26.1 Å². The third kappa shape index (κ3) is 7.11. The van der Waals surface area contributed by atoms with Crippen LogP contribution in [0.15, 0.2) is 54.7 Å². The fraction of sp³-hybridized carbons (Fsp3) is 0.393. The molecule has 0 aliphatic carbocycles. The second kappa shape index (κ2) is 12.3. The number of anilines is 1. The summed E-state index contributed by atoms with van der Waals surface area (Å²) < 4.78 is 12.9. The molecule has 4 rings (SSSR count). The molecule has 1 saturated heterocycles. The van der Waals surface area contributed by atoms with E-state index in [2.05, 4.69) is 5.32 Å². The van der Waals surface area contributed by atoms with Gasteiger partial charge in [-0.05, 0) is 43.0 Å².